The van der Waals surface area contributed by atoms with E-state index in [0.29, 0.717) is 39.7 Å². The summed E-state index contributed by atoms with van der Waals surface area (Å²) in [5, 5.41) is 20.4. The van der Waals surface area contributed by atoms with E-state index < -0.39 is 5.25 Å². The zero-order valence-electron chi connectivity index (χ0n) is 19.6. The van der Waals surface area contributed by atoms with Crippen molar-refractivity contribution in [3.63, 3.8) is 0 Å². The third-order valence-electron chi connectivity index (χ3n) is 5.16. The number of rotatable bonds is 11. The van der Waals surface area contributed by atoms with E-state index in [1.807, 2.05) is 50.5 Å². The summed E-state index contributed by atoms with van der Waals surface area (Å²) in [6.45, 7) is 11.7. The van der Waals surface area contributed by atoms with Gasteiger partial charge in [-0.05, 0) is 68.7 Å². The van der Waals surface area contributed by atoms with Crippen molar-refractivity contribution in [1.29, 1.82) is 0 Å². The zero-order valence-corrected chi connectivity index (χ0v) is 21.2. The number of benzene rings is 2. The monoisotopic (exact) mass is 502 g/mol. The lowest BCUT2D eigenvalue weighted by Gasteiger charge is -2.18. The summed E-state index contributed by atoms with van der Waals surface area (Å²) in [5.41, 5.74) is 3.83. The largest absolute Gasteiger partial charge is 0.490 e. The van der Waals surface area contributed by atoms with E-state index in [1.54, 1.807) is 18.2 Å². The van der Waals surface area contributed by atoms with Gasteiger partial charge in [-0.15, -0.1) is 10.2 Å². The molecule has 10 heteroatoms. The van der Waals surface area contributed by atoms with Crippen molar-refractivity contribution in [2.75, 3.05) is 19.8 Å². The molecule has 3 aromatic rings. The third kappa shape index (κ3) is 5.90. The summed E-state index contributed by atoms with van der Waals surface area (Å²) >= 11 is 7.76. The summed E-state index contributed by atoms with van der Waals surface area (Å²) in [5.74, 6) is 1.49. The molecule has 1 aromatic heterocycles. The Labute approximate surface area is 208 Å². The van der Waals surface area contributed by atoms with Crippen LogP contribution >= 0.6 is 23.4 Å². The number of ether oxygens (including phenoxy) is 2. The van der Waals surface area contributed by atoms with E-state index in [9.17, 15) is 10.1 Å². The Balaban J connectivity index is 2.04. The topological polar surface area (TPSA) is 92.3 Å². The molecule has 0 aliphatic carbocycles. The summed E-state index contributed by atoms with van der Waals surface area (Å²) in [6.07, 6.45) is 1.60. The number of thioether (sulfide) groups is 1. The highest BCUT2D eigenvalue weighted by molar-refractivity contribution is 7.99. The van der Waals surface area contributed by atoms with E-state index in [-0.39, 0.29) is 18.1 Å². The molecule has 34 heavy (non-hydrogen) atoms. The average molecular weight is 503 g/mol. The lowest BCUT2D eigenvalue weighted by molar-refractivity contribution is -0.479. The van der Waals surface area contributed by atoms with Crippen LogP contribution in [0.4, 0.5) is 0 Å². The smallest absolute Gasteiger partial charge is 0.220 e. The predicted molar refractivity (Wildman–Crippen MR) is 134 cm³/mol. The van der Waals surface area contributed by atoms with E-state index in [0.717, 1.165) is 11.3 Å². The molecule has 180 valence electrons. The fraction of sp³-hybridized carbons (Fsp3) is 0.333. The van der Waals surface area contributed by atoms with Crippen LogP contribution in [0.5, 0.6) is 11.5 Å². The number of hydrogen-bond donors (Lipinski definition) is 0. The summed E-state index contributed by atoms with van der Waals surface area (Å²) in [7, 11) is 0. The standard InChI is InChI=1S/C24H27ClN4O4S/c1-6-10-33-23-20(25)12-18(13-21(23)32-7-2)22(14-28(30)31)34-24-27-26-17(5)29(24)19-9-8-15(3)16(4)11-19/h6,8-9,11-13,22H,1,7,10,14H2,2-5H3/t22-/m1/s1. The number of nitrogens with zero attached hydrogens (tertiary/aromatic N) is 4. The molecule has 0 saturated carbocycles. The minimum absolute atomic E-state index is 0.255. The molecule has 3 rings (SSSR count). The first-order valence-electron chi connectivity index (χ1n) is 10.7. The Morgan fingerprint density at radius 3 is 2.62 bits per heavy atom. The maximum Gasteiger partial charge on any atom is 0.220 e. The molecule has 0 unspecified atom stereocenters. The van der Waals surface area contributed by atoms with Gasteiger partial charge in [0, 0.05) is 10.6 Å². The quantitative estimate of drug-likeness (QED) is 0.139. The van der Waals surface area contributed by atoms with E-state index >= 15 is 0 Å². The van der Waals surface area contributed by atoms with Crippen LogP contribution in [0.25, 0.3) is 5.69 Å². The molecular weight excluding hydrogens is 476 g/mol. The molecule has 0 aliphatic heterocycles. The Bertz CT molecular complexity index is 1200. The molecule has 1 atom stereocenters. The second kappa shape index (κ2) is 11.4. The van der Waals surface area contributed by atoms with Crippen LogP contribution < -0.4 is 9.47 Å². The van der Waals surface area contributed by atoms with Crippen LogP contribution in [-0.2, 0) is 0 Å². The number of hydrogen-bond acceptors (Lipinski definition) is 7. The lowest BCUT2D eigenvalue weighted by atomic mass is 10.1. The molecule has 8 nitrogen and oxygen atoms in total. The van der Waals surface area contributed by atoms with Gasteiger partial charge in [0.1, 0.15) is 17.7 Å². The molecule has 0 spiro atoms. The summed E-state index contributed by atoms with van der Waals surface area (Å²) in [6, 6.07) is 9.48. The number of nitro groups is 1. The second-order valence-corrected chi connectivity index (χ2v) is 9.20. The van der Waals surface area contributed by atoms with Crippen molar-refractivity contribution in [3.05, 3.63) is 80.6 Å². The Kier molecular flexibility index (Phi) is 8.57. The Morgan fingerprint density at radius 2 is 1.97 bits per heavy atom. The predicted octanol–water partition coefficient (Wildman–Crippen LogP) is 5.92. The van der Waals surface area contributed by atoms with Crippen molar-refractivity contribution in [2.45, 2.75) is 38.1 Å². The van der Waals surface area contributed by atoms with Crippen molar-refractivity contribution in [1.82, 2.24) is 14.8 Å². The zero-order chi connectivity index (χ0) is 24.8. The van der Waals surface area contributed by atoms with Gasteiger partial charge in [-0.3, -0.25) is 14.7 Å². The molecule has 0 N–H and O–H groups in total. The highest BCUT2D eigenvalue weighted by Gasteiger charge is 2.26. The van der Waals surface area contributed by atoms with Gasteiger partial charge in [-0.1, -0.05) is 42.1 Å². The minimum Gasteiger partial charge on any atom is -0.490 e. The molecule has 0 amide bonds. The summed E-state index contributed by atoms with van der Waals surface area (Å²) < 4.78 is 13.3. The van der Waals surface area contributed by atoms with Crippen LogP contribution in [0.2, 0.25) is 5.02 Å². The fourth-order valence-electron chi connectivity index (χ4n) is 3.37. The van der Waals surface area contributed by atoms with Crippen molar-refractivity contribution in [3.8, 4) is 17.2 Å². The van der Waals surface area contributed by atoms with Gasteiger partial charge in [0.15, 0.2) is 16.7 Å². The maximum atomic E-state index is 11.6. The highest BCUT2D eigenvalue weighted by Crippen LogP contribution is 2.43. The van der Waals surface area contributed by atoms with Gasteiger partial charge in [-0.2, -0.15) is 0 Å². The van der Waals surface area contributed by atoms with Crippen LogP contribution in [0.3, 0.4) is 0 Å². The Hall–Kier alpha value is -3.04. The molecule has 0 radical (unpaired) electrons. The van der Waals surface area contributed by atoms with Crippen molar-refractivity contribution < 1.29 is 14.4 Å². The highest BCUT2D eigenvalue weighted by atomic mass is 35.5. The van der Waals surface area contributed by atoms with E-state index in [4.69, 9.17) is 21.1 Å². The number of aryl methyl sites for hydroxylation is 3. The SMILES string of the molecule is C=CCOc1c(Cl)cc([C@@H](C[N+](=O)[O-])Sc2nnc(C)n2-c2ccc(C)c(C)c2)cc1OCC. The molecule has 0 bridgehead atoms. The molecule has 1 heterocycles. The van der Waals surface area contributed by atoms with Crippen LogP contribution in [0, 0.1) is 30.9 Å². The maximum absolute atomic E-state index is 11.6. The number of aromatic nitrogens is 3. The molecule has 0 fully saturated rings. The first-order chi connectivity index (χ1) is 16.2. The van der Waals surface area contributed by atoms with E-state index in [1.165, 1.54) is 17.3 Å². The van der Waals surface area contributed by atoms with Gasteiger partial charge >= 0.3 is 0 Å². The second-order valence-electron chi connectivity index (χ2n) is 7.62. The lowest BCUT2D eigenvalue weighted by Crippen LogP contribution is -2.12. The van der Waals surface area contributed by atoms with Crippen molar-refractivity contribution in [2.24, 2.45) is 0 Å². The molecule has 0 aliphatic rings. The molecular formula is C24H27ClN4O4S. The average Bonchev–Trinajstić information content (AvgIpc) is 3.14. The van der Waals surface area contributed by atoms with Gasteiger partial charge in [-0.25, -0.2) is 0 Å². The van der Waals surface area contributed by atoms with Crippen LogP contribution in [0.15, 0.2) is 48.1 Å². The first-order valence-corrected chi connectivity index (χ1v) is 12.0. The molecule has 0 saturated heterocycles. The molecule has 2 aromatic carbocycles. The van der Waals surface area contributed by atoms with Gasteiger partial charge in [0.2, 0.25) is 6.54 Å². The third-order valence-corrected chi connectivity index (χ3v) is 6.62. The van der Waals surface area contributed by atoms with Crippen LogP contribution in [-0.4, -0.2) is 39.4 Å². The van der Waals surface area contributed by atoms with Crippen LogP contribution in [0.1, 0.15) is 34.7 Å². The van der Waals surface area contributed by atoms with Crippen molar-refractivity contribution >= 4 is 23.4 Å². The number of halogens is 1. The normalized spacial score (nSPS) is 11.8. The minimum atomic E-state index is -0.589. The fourth-order valence-corrected chi connectivity index (χ4v) is 4.80. The van der Waals surface area contributed by atoms with Gasteiger partial charge < -0.3 is 9.47 Å². The van der Waals surface area contributed by atoms with Gasteiger partial charge in [0.25, 0.3) is 0 Å². The Morgan fingerprint density at radius 1 is 1.21 bits per heavy atom. The van der Waals surface area contributed by atoms with E-state index in [2.05, 4.69) is 16.8 Å². The summed E-state index contributed by atoms with van der Waals surface area (Å²) in [4.78, 5) is 11.2. The first kappa shape index (κ1) is 25.6. The van der Waals surface area contributed by atoms with Gasteiger partial charge in [0.05, 0.1) is 11.6 Å².